The largest absolute Gasteiger partial charge is 0.440 e. The van der Waals surface area contributed by atoms with Gasteiger partial charge in [-0.25, -0.2) is 8.78 Å². The van der Waals surface area contributed by atoms with Gasteiger partial charge in [0.05, 0.1) is 11.1 Å². The van der Waals surface area contributed by atoms with Crippen molar-refractivity contribution in [1.82, 2.24) is 14.8 Å². The number of rotatable bonds is 3. The molecular formula is C19H14ClF2N3O4. The van der Waals surface area contributed by atoms with E-state index in [9.17, 15) is 23.2 Å². The third kappa shape index (κ3) is 3.38. The molecule has 0 spiro atoms. The van der Waals surface area contributed by atoms with Crippen LogP contribution in [0.4, 0.5) is 8.78 Å². The number of halogens is 3. The second-order valence-corrected chi connectivity index (χ2v) is 6.87. The first kappa shape index (κ1) is 19.1. The number of benzene rings is 1. The molecule has 0 saturated carbocycles. The Hall–Kier alpha value is -3.20. The number of Topliss-reactive ketones (excluding diaryl/α,β-unsaturated/α-hetero) is 1. The van der Waals surface area contributed by atoms with E-state index in [4.69, 9.17) is 16.0 Å². The standard InChI is InChI=1S/C19H14ClF2N3O4/c20-14-4-3-13(29-14)18(27)24-5-7-25(8-6-24)19(28)17(26)10-9-23-16-12(22)2-1-11(21)15(10)16/h1-4,9,23H,5-8H2. The highest BCUT2D eigenvalue weighted by Gasteiger charge is 2.31. The zero-order valence-corrected chi connectivity index (χ0v) is 15.6. The van der Waals surface area contributed by atoms with Gasteiger partial charge in [0.1, 0.15) is 11.6 Å². The number of aromatic amines is 1. The highest BCUT2D eigenvalue weighted by molar-refractivity contribution is 6.44. The molecule has 2 amide bonds. The number of aromatic nitrogens is 1. The summed E-state index contributed by atoms with van der Waals surface area (Å²) >= 11 is 5.67. The number of carbonyl (C=O) groups is 3. The Labute approximate surface area is 167 Å². The van der Waals surface area contributed by atoms with E-state index in [0.29, 0.717) is 0 Å². The third-order valence-corrected chi connectivity index (χ3v) is 5.01. The minimum atomic E-state index is -0.946. The lowest BCUT2D eigenvalue weighted by atomic mass is 10.1. The Morgan fingerprint density at radius 1 is 0.966 bits per heavy atom. The average Bonchev–Trinajstić information content (AvgIpc) is 3.36. The smallest absolute Gasteiger partial charge is 0.295 e. The highest BCUT2D eigenvalue weighted by Crippen LogP contribution is 2.25. The summed E-state index contributed by atoms with van der Waals surface area (Å²) in [5, 5.41) is -0.165. The summed E-state index contributed by atoms with van der Waals surface area (Å²) in [7, 11) is 0. The molecule has 0 bridgehead atoms. The fraction of sp³-hybridized carbons (Fsp3) is 0.211. The van der Waals surface area contributed by atoms with E-state index in [1.165, 1.54) is 21.9 Å². The quantitative estimate of drug-likeness (QED) is 0.520. The molecule has 1 saturated heterocycles. The number of hydrogen-bond acceptors (Lipinski definition) is 4. The van der Waals surface area contributed by atoms with Gasteiger partial charge in [-0.3, -0.25) is 14.4 Å². The molecule has 150 valence electrons. The summed E-state index contributed by atoms with van der Waals surface area (Å²) in [6, 6.07) is 4.75. The second kappa shape index (κ2) is 7.32. The van der Waals surface area contributed by atoms with Gasteiger partial charge in [-0.2, -0.15) is 0 Å². The van der Waals surface area contributed by atoms with Crippen molar-refractivity contribution >= 4 is 40.1 Å². The van der Waals surface area contributed by atoms with Gasteiger partial charge in [-0.05, 0) is 35.9 Å². The van der Waals surface area contributed by atoms with Gasteiger partial charge >= 0.3 is 0 Å². The predicted molar refractivity (Wildman–Crippen MR) is 98.7 cm³/mol. The summed E-state index contributed by atoms with van der Waals surface area (Å²) in [6.45, 7) is 0.605. The van der Waals surface area contributed by atoms with E-state index in [-0.39, 0.29) is 59.5 Å². The molecule has 10 heteroatoms. The maximum Gasteiger partial charge on any atom is 0.295 e. The number of hydrogen-bond donors (Lipinski definition) is 1. The fourth-order valence-electron chi connectivity index (χ4n) is 3.31. The van der Waals surface area contributed by atoms with Gasteiger partial charge in [0, 0.05) is 37.8 Å². The van der Waals surface area contributed by atoms with Crippen LogP contribution < -0.4 is 0 Å². The van der Waals surface area contributed by atoms with Crippen molar-refractivity contribution in [3.05, 3.63) is 58.6 Å². The predicted octanol–water partition coefficient (Wildman–Crippen LogP) is 2.86. The minimum absolute atomic E-state index is 0.0853. The fourth-order valence-corrected chi connectivity index (χ4v) is 3.45. The highest BCUT2D eigenvalue weighted by atomic mass is 35.5. The topological polar surface area (TPSA) is 86.6 Å². The van der Waals surface area contributed by atoms with Crippen molar-refractivity contribution in [3.8, 4) is 0 Å². The zero-order valence-electron chi connectivity index (χ0n) is 14.9. The van der Waals surface area contributed by atoms with E-state index >= 15 is 0 Å². The third-order valence-electron chi connectivity index (χ3n) is 4.81. The van der Waals surface area contributed by atoms with Gasteiger partial charge in [0.15, 0.2) is 11.0 Å². The Morgan fingerprint density at radius 2 is 1.62 bits per heavy atom. The summed E-state index contributed by atoms with van der Waals surface area (Å²) in [6.07, 6.45) is 1.12. The van der Waals surface area contributed by atoms with Crippen LogP contribution in [0.2, 0.25) is 5.22 Å². The number of furan rings is 1. The number of nitrogens with zero attached hydrogens (tertiary/aromatic N) is 2. The van der Waals surface area contributed by atoms with E-state index in [1.807, 2.05) is 0 Å². The lowest BCUT2D eigenvalue weighted by molar-refractivity contribution is -0.127. The molecule has 0 unspecified atom stereocenters. The molecule has 1 aliphatic heterocycles. The van der Waals surface area contributed by atoms with Crippen LogP contribution in [0.25, 0.3) is 10.9 Å². The summed E-state index contributed by atoms with van der Waals surface area (Å²) in [4.78, 5) is 42.8. The molecular weight excluding hydrogens is 408 g/mol. The van der Waals surface area contributed by atoms with Crippen molar-refractivity contribution in [2.45, 2.75) is 0 Å². The summed E-state index contributed by atoms with van der Waals surface area (Å²) in [5.74, 6) is -3.60. The molecule has 4 rings (SSSR count). The van der Waals surface area contributed by atoms with Gasteiger partial charge in [-0.15, -0.1) is 0 Å². The maximum atomic E-state index is 14.1. The first-order chi connectivity index (χ1) is 13.9. The van der Waals surface area contributed by atoms with E-state index in [2.05, 4.69) is 4.98 Å². The van der Waals surface area contributed by atoms with Crippen molar-refractivity contribution in [2.75, 3.05) is 26.2 Å². The molecule has 1 aromatic carbocycles. The van der Waals surface area contributed by atoms with Crippen LogP contribution in [0.15, 0.2) is 34.9 Å². The molecule has 0 atom stereocenters. The van der Waals surface area contributed by atoms with E-state index in [1.54, 1.807) is 0 Å². The van der Waals surface area contributed by atoms with Crippen molar-refractivity contribution in [1.29, 1.82) is 0 Å². The Bertz CT molecular complexity index is 1130. The minimum Gasteiger partial charge on any atom is -0.440 e. The van der Waals surface area contributed by atoms with Crippen LogP contribution in [0.5, 0.6) is 0 Å². The monoisotopic (exact) mass is 421 g/mol. The number of piperazine rings is 1. The molecule has 3 heterocycles. The van der Waals surface area contributed by atoms with Gasteiger partial charge < -0.3 is 19.2 Å². The van der Waals surface area contributed by atoms with Gasteiger partial charge in [-0.1, -0.05) is 0 Å². The molecule has 3 aromatic rings. The maximum absolute atomic E-state index is 14.1. The molecule has 29 heavy (non-hydrogen) atoms. The van der Waals surface area contributed by atoms with Gasteiger partial charge in [0.25, 0.3) is 17.6 Å². The number of fused-ring (bicyclic) bond motifs is 1. The van der Waals surface area contributed by atoms with Crippen LogP contribution in [0.1, 0.15) is 20.9 Å². The first-order valence-electron chi connectivity index (χ1n) is 8.70. The van der Waals surface area contributed by atoms with Crippen LogP contribution in [0.3, 0.4) is 0 Å². The lowest BCUT2D eigenvalue weighted by Crippen LogP contribution is -2.52. The van der Waals surface area contributed by atoms with Crippen molar-refractivity contribution in [2.24, 2.45) is 0 Å². The Balaban J connectivity index is 1.47. The molecule has 2 aromatic heterocycles. The van der Waals surface area contributed by atoms with Crippen LogP contribution >= 0.6 is 11.6 Å². The number of amides is 2. The van der Waals surface area contributed by atoms with Gasteiger partial charge in [0.2, 0.25) is 0 Å². The average molecular weight is 422 g/mol. The first-order valence-corrected chi connectivity index (χ1v) is 9.08. The molecule has 1 N–H and O–H groups in total. The van der Waals surface area contributed by atoms with E-state index in [0.717, 1.165) is 18.3 Å². The molecule has 7 nitrogen and oxygen atoms in total. The Morgan fingerprint density at radius 3 is 2.28 bits per heavy atom. The molecule has 0 aliphatic carbocycles. The Kier molecular flexibility index (Phi) is 4.83. The molecule has 0 radical (unpaired) electrons. The van der Waals surface area contributed by atoms with E-state index < -0.39 is 23.3 Å². The number of ketones is 1. The van der Waals surface area contributed by atoms with Crippen molar-refractivity contribution in [3.63, 3.8) is 0 Å². The van der Waals surface area contributed by atoms with Crippen LogP contribution in [-0.4, -0.2) is 58.6 Å². The second-order valence-electron chi connectivity index (χ2n) is 6.50. The lowest BCUT2D eigenvalue weighted by Gasteiger charge is -2.33. The molecule has 1 aliphatic rings. The number of carbonyl (C=O) groups excluding carboxylic acids is 3. The SMILES string of the molecule is O=C(C(=O)N1CCN(C(=O)c2ccc(Cl)o2)CC1)c1c[nH]c2c(F)ccc(F)c12. The summed E-state index contributed by atoms with van der Waals surface area (Å²) in [5.41, 5.74) is -0.403. The number of nitrogens with one attached hydrogen (secondary N) is 1. The van der Waals surface area contributed by atoms with Crippen molar-refractivity contribution < 1.29 is 27.6 Å². The molecule has 1 fully saturated rings. The summed E-state index contributed by atoms with van der Waals surface area (Å²) < 4.78 is 33.0. The van der Waals surface area contributed by atoms with Crippen LogP contribution in [-0.2, 0) is 4.79 Å². The normalized spacial score (nSPS) is 14.4. The zero-order chi connectivity index (χ0) is 20.7. The number of H-pyrrole nitrogens is 1. The van der Waals surface area contributed by atoms with Crippen LogP contribution in [0, 0.1) is 11.6 Å².